The molecule has 0 radical (unpaired) electrons. The maximum Gasteiger partial charge on any atom is 1.00 e. The standard InChI is InChI=1S/C4H5N2O2.Rb/c7-6(8)3-4-1-5-2-4;/h3H,1-2H2;/q-1;+1. The summed E-state index contributed by atoms with van der Waals surface area (Å²) in [5.41, 5.74) is 0.815. The summed E-state index contributed by atoms with van der Waals surface area (Å²) in [5, 5.41) is 13.5. The second-order valence-electron chi connectivity index (χ2n) is 1.61. The average molecular weight is 199 g/mol. The number of rotatable bonds is 1. The zero-order valence-corrected chi connectivity index (χ0v) is 10.1. The molecular formula is C4H5N2O2Rb. The van der Waals surface area contributed by atoms with Crippen LogP contribution >= 0.6 is 0 Å². The van der Waals surface area contributed by atoms with Crippen molar-refractivity contribution >= 4 is 0 Å². The molecular weight excluding hydrogens is 194 g/mol. The van der Waals surface area contributed by atoms with Crippen molar-refractivity contribution in [1.29, 1.82) is 0 Å². The summed E-state index contributed by atoms with van der Waals surface area (Å²) in [6.07, 6.45) is 1.02. The summed E-state index contributed by atoms with van der Waals surface area (Å²) >= 11 is 0. The van der Waals surface area contributed by atoms with Crippen LogP contribution in [0.3, 0.4) is 0 Å². The van der Waals surface area contributed by atoms with E-state index in [0.717, 1.165) is 11.8 Å². The molecule has 0 aromatic heterocycles. The fourth-order valence-electron chi connectivity index (χ4n) is 0.472. The number of nitro groups is 1. The zero-order chi connectivity index (χ0) is 5.98. The fraction of sp³-hybridized carbons (Fsp3) is 0.500. The molecule has 0 saturated carbocycles. The van der Waals surface area contributed by atoms with Crippen molar-refractivity contribution in [2.45, 2.75) is 0 Å². The van der Waals surface area contributed by atoms with E-state index in [2.05, 4.69) is 5.32 Å². The van der Waals surface area contributed by atoms with Gasteiger partial charge < -0.3 is 5.32 Å². The Morgan fingerprint density at radius 3 is 2.33 bits per heavy atom. The van der Waals surface area contributed by atoms with Gasteiger partial charge in [0.05, 0.1) is 4.92 Å². The molecule has 0 aromatic carbocycles. The topological polar surface area (TPSA) is 57.2 Å². The van der Waals surface area contributed by atoms with Crippen LogP contribution in [0.4, 0.5) is 0 Å². The molecule has 0 N–H and O–H groups in total. The summed E-state index contributed by atoms with van der Waals surface area (Å²) in [4.78, 5) is 9.25. The predicted octanol–water partition coefficient (Wildman–Crippen LogP) is -2.46. The van der Waals surface area contributed by atoms with E-state index in [1.165, 1.54) is 0 Å². The van der Waals surface area contributed by atoms with Gasteiger partial charge in [-0.1, -0.05) is 0 Å². The Labute approximate surface area is 102 Å². The maximum atomic E-state index is 9.69. The molecule has 0 atom stereocenters. The van der Waals surface area contributed by atoms with Gasteiger partial charge in [0.15, 0.2) is 0 Å². The van der Waals surface area contributed by atoms with Crippen LogP contribution in [0.1, 0.15) is 0 Å². The van der Waals surface area contributed by atoms with Gasteiger partial charge in [0.2, 0.25) is 6.20 Å². The van der Waals surface area contributed by atoms with E-state index in [4.69, 9.17) is 0 Å². The van der Waals surface area contributed by atoms with Crippen LogP contribution in [0.5, 0.6) is 0 Å². The van der Waals surface area contributed by atoms with Gasteiger partial charge >= 0.3 is 58.2 Å². The molecule has 5 heteroatoms. The van der Waals surface area contributed by atoms with E-state index >= 15 is 0 Å². The number of hydrogen-bond acceptors (Lipinski definition) is 2. The Bertz CT molecular complexity index is 140. The van der Waals surface area contributed by atoms with E-state index in [0.29, 0.717) is 13.1 Å². The van der Waals surface area contributed by atoms with E-state index in [1.54, 1.807) is 0 Å². The third-order valence-corrected chi connectivity index (χ3v) is 0.918. The Kier molecular flexibility index (Phi) is 5.15. The molecule has 1 fully saturated rings. The molecule has 4 nitrogen and oxygen atoms in total. The minimum absolute atomic E-state index is 0. The van der Waals surface area contributed by atoms with Crippen molar-refractivity contribution in [2.24, 2.45) is 0 Å². The molecule has 0 amide bonds. The summed E-state index contributed by atoms with van der Waals surface area (Å²) in [5.74, 6) is 0. The molecule has 9 heavy (non-hydrogen) atoms. The fourth-order valence-corrected chi connectivity index (χ4v) is 0.472. The van der Waals surface area contributed by atoms with Crippen molar-refractivity contribution in [1.82, 2.24) is 0 Å². The van der Waals surface area contributed by atoms with Gasteiger partial charge in [-0.15, -0.1) is 13.1 Å². The van der Waals surface area contributed by atoms with E-state index in [9.17, 15) is 10.1 Å². The molecule has 0 spiro atoms. The third-order valence-electron chi connectivity index (χ3n) is 0.918. The van der Waals surface area contributed by atoms with Crippen molar-refractivity contribution in [2.75, 3.05) is 13.1 Å². The summed E-state index contributed by atoms with van der Waals surface area (Å²) < 4.78 is 0. The van der Waals surface area contributed by atoms with E-state index in [1.807, 2.05) is 0 Å². The first-order chi connectivity index (χ1) is 3.79. The van der Waals surface area contributed by atoms with E-state index < -0.39 is 4.92 Å². The first-order valence-corrected chi connectivity index (χ1v) is 2.25. The van der Waals surface area contributed by atoms with Crippen molar-refractivity contribution in [3.63, 3.8) is 0 Å². The second kappa shape index (κ2) is 4.68. The van der Waals surface area contributed by atoms with Crippen LogP contribution in [0.15, 0.2) is 11.8 Å². The molecule has 1 heterocycles. The van der Waals surface area contributed by atoms with Crippen LogP contribution in [0, 0.1) is 10.1 Å². The molecule has 1 aliphatic rings. The van der Waals surface area contributed by atoms with E-state index in [-0.39, 0.29) is 58.2 Å². The number of nitrogens with zero attached hydrogens (tertiary/aromatic N) is 2. The Balaban J connectivity index is 0.000000640. The van der Waals surface area contributed by atoms with Crippen LogP contribution in [0.25, 0.3) is 5.32 Å². The third kappa shape index (κ3) is 3.57. The van der Waals surface area contributed by atoms with Gasteiger partial charge in [-0.05, 0) is 5.57 Å². The molecule has 0 aliphatic carbocycles. The first-order valence-electron chi connectivity index (χ1n) is 2.25. The minimum atomic E-state index is -0.440. The minimum Gasteiger partial charge on any atom is -0.655 e. The van der Waals surface area contributed by atoms with Gasteiger partial charge in [0, 0.05) is 0 Å². The van der Waals surface area contributed by atoms with Gasteiger partial charge in [0.25, 0.3) is 0 Å². The Morgan fingerprint density at radius 1 is 1.67 bits per heavy atom. The van der Waals surface area contributed by atoms with Crippen molar-refractivity contribution in [3.05, 3.63) is 27.2 Å². The Hall–Kier alpha value is 0.905. The molecule has 0 unspecified atom stereocenters. The van der Waals surface area contributed by atoms with Crippen LogP contribution in [-0.4, -0.2) is 18.0 Å². The Morgan fingerprint density at radius 2 is 2.22 bits per heavy atom. The smallest absolute Gasteiger partial charge is 0.655 e. The van der Waals surface area contributed by atoms with Crippen LogP contribution in [-0.2, 0) is 0 Å². The van der Waals surface area contributed by atoms with Crippen LogP contribution in [0.2, 0.25) is 0 Å². The second-order valence-corrected chi connectivity index (χ2v) is 1.61. The van der Waals surface area contributed by atoms with Gasteiger partial charge in [-0.25, -0.2) is 0 Å². The van der Waals surface area contributed by atoms with Crippen LogP contribution < -0.4 is 58.2 Å². The van der Waals surface area contributed by atoms with Crippen molar-refractivity contribution < 1.29 is 63.1 Å². The predicted molar refractivity (Wildman–Crippen MR) is 28.2 cm³/mol. The monoisotopic (exact) mass is 198 g/mol. The van der Waals surface area contributed by atoms with Gasteiger partial charge in [-0.2, -0.15) is 0 Å². The normalized spacial score (nSPS) is 15.3. The van der Waals surface area contributed by atoms with Crippen molar-refractivity contribution in [3.8, 4) is 0 Å². The number of hydrogen-bond donors (Lipinski definition) is 0. The summed E-state index contributed by atoms with van der Waals surface area (Å²) in [6.45, 7) is 1.11. The largest absolute Gasteiger partial charge is 1.00 e. The molecule has 0 bridgehead atoms. The SMILES string of the molecule is O=[N+]([O-])C=C1C[N-]C1.[Rb+]. The molecule has 44 valence electrons. The summed E-state index contributed by atoms with van der Waals surface area (Å²) in [7, 11) is 0. The molecule has 0 aromatic rings. The molecule has 1 aliphatic heterocycles. The molecule has 1 rings (SSSR count). The first kappa shape index (κ1) is 9.91. The molecule has 1 saturated heterocycles. The van der Waals surface area contributed by atoms with Gasteiger partial charge in [0.1, 0.15) is 0 Å². The maximum absolute atomic E-state index is 9.69. The quantitative estimate of drug-likeness (QED) is 0.347. The average Bonchev–Trinajstić information content (AvgIpc) is 1.55. The van der Waals surface area contributed by atoms with Gasteiger partial charge in [-0.3, -0.25) is 10.1 Å². The summed E-state index contributed by atoms with van der Waals surface area (Å²) in [6, 6.07) is 0. The zero-order valence-electron chi connectivity index (χ0n) is 5.20.